The van der Waals surface area contributed by atoms with Crippen LogP contribution in [0.4, 0.5) is 9.59 Å². The molecule has 0 aromatic rings. The molecule has 168 valence electrons. The summed E-state index contributed by atoms with van der Waals surface area (Å²) in [6.45, 7) is 14.7. The molecule has 0 bridgehead atoms. The molecule has 0 spiro atoms. The van der Waals surface area contributed by atoms with Gasteiger partial charge in [0.15, 0.2) is 0 Å². The second-order valence-electron chi connectivity index (χ2n) is 9.02. The fraction of sp³-hybridized carbons (Fsp3) is 0.857. The van der Waals surface area contributed by atoms with Crippen molar-refractivity contribution in [3.05, 3.63) is 0 Å². The molecule has 0 fully saturated rings. The lowest BCUT2D eigenvalue weighted by Gasteiger charge is -2.23. The first-order valence-corrected chi connectivity index (χ1v) is 10.5. The van der Waals surface area contributed by atoms with Crippen molar-refractivity contribution in [2.75, 3.05) is 32.7 Å². The van der Waals surface area contributed by atoms with E-state index in [1.807, 2.05) is 41.5 Å². The van der Waals surface area contributed by atoms with E-state index in [4.69, 9.17) is 14.7 Å². The molecular weight excluding hydrogens is 372 g/mol. The topological polar surface area (TPSA) is 104 Å². The van der Waals surface area contributed by atoms with Crippen LogP contribution in [0.5, 0.6) is 0 Å². The largest absolute Gasteiger partial charge is 0.444 e. The first-order valence-electron chi connectivity index (χ1n) is 10.5. The summed E-state index contributed by atoms with van der Waals surface area (Å²) >= 11 is 0. The molecule has 0 saturated carbocycles. The van der Waals surface area contributed by atoms with Crippen LogP contribution in [0.3, 0.4) is 0 Å². The SMILES string of the molecule is CC(C)(C)OC(=O)NCCCCN(CCCC#N)CCCNC(=O)OC(C)(C)C. The van der Waals surface area contributed by atoms with Crippen molar-refractivity contribution in [2.45, 2.75) is 84.8 Å². The third-order valence-electron chi connectivity index (χ3n) is 3.65. The third-order valence-corrected chi connectivity index (χ3v) is 3.65. The number of nitrogens with zero attached hydrogens (tertiary/aromatic N) is 2. The van der Waals surface area contributed by atoms with Gasteiger partial charge in [-0.2, -0.15) is 5.26 Å². The molecule has 2 N–H and O–H groups in total. The van der Waals surface area contributed by atoms with E-state index in [0.29, 0.717) is 19.5 Å². The average molecular weight is 413 g/mol. The van der Waals surface area contributed by atoms with Gasteiger partial charge in [0, 0.05) is 19.5 Å². The molecule has 0 heterocycles. The molecule has 8 heteroatoms. The van der Waals surface area contributed by atoms with E-state index in [1.165, 1.54) is 0 Å². The van der Waals surface area contributed by atoms with Gasteiger partial charge < -0.3 is 25.0 Å². The van der Waals surface area contributed by atoms with E-state index in [2.05, 4.69) is 21.6 Å². The maximum Gasteiger partial charge on any atom is 0.407 e. The summed E-state index contributed by atoms with van der Waals surface area (Å²) in [5, 5.41) is 14.3. The van der Waals surface area contributed by atoms with Crippen LogP contribution in [0.2, 0.25) is 0 Å². The molecule has 0 saturated heterocycles. The predicted octanol–water partition coefficient (Wildman–Crippen LogP) is 3.81. The molecule has 0 rings (SSSR count). The van der Waals surface area contributed by atoms with Crippen molar-refractivity contribution in [2.24, 2.45) is 0 Å². The normalized spacial score (nSPS) is 11.7. The summed E-state index contributed by atoms with van der Waals surface area (Å²) < 4.78 is 10.4. The average Bonchev–Trinajstić information content (AvgIpc) is 2.54. The first-order chi connectivity index (χ1) is 13.4. The highest BCUT2D eigenvalue weighted by atomic mass is 16.6. The van der Waals surface area contributed by atoms with Crippen molar-refractivity contribution in [3.8, 4) is 6.07 Å². The number of carbonyl (C=O) groups is 2. The summed E-state index contributed by atoms with van der Waals surface area (Å²) in [5.74, 6) is 0. The van der Waals surface area contributed by atoms with E-state index >= 15 is 0 Å². The van der Waals surface area contributed by atoms with E-state index in [0.717, 1.165) is 45.3 Å². The minimum Gasteiger partial charge on any atom is -0.444 e. The summed E-state index contributed by atoms with van der Waals surface area (Å²) in [6, 6.07) is 2.17. The molecule has 0 aliphatic heterocycles. The molecule has 0 aromatic carbocycles. The van der Waals surface area contributed by atoms with Gasteiger partial charge in [0.05, 0.1) is 6.07 Å². The van der Waals surface area contributed by atoms with Gasteiger partial charge in [0.25, 0.3) is 0 Å². The Balaban J connectivity index is 4.08. The van der Waals surface area contributed by atoms with E-state index in [1.54, 1.807) is 0 Å². The Bertz CT molecular complexity index is 518. The maximum absolute atomic E-state index is 11.7. The quantitative estimate of drug-likeness (QED) is 0.472. The van der Waals surface area contributed by atoms with Crippen LogP contribution in [-0.2, 0) is 9.47 Å². The van der Waals surface area contributed by atoms with Gasteiger partial charge in [-0.1, -0.05) is 0 Å². The Kier molecular flexibility index (Phi) is 13.1. The molecule has 0 aliphatic carbocycles. The van der Waals surface area contributed by atoms with Gasteiger partial charge in [-0.15, -0.1) is 0 Å². The fourth-order valence-corrected chi connectivity index (χ4v) is 2.49. The maximum atomic E-state index is 11.7. The van der Waals surface area contributed by atoms with Crippen molar-refractivity contribution in [1.29, 1.82) is 5.26 Å². The minimum atomic E-state index is -0.499. The number of hydrogen-bond donors (Lipinski definition) is 2. The van der Waals surface area contributed by atoms with Crippen LogP contribution in [0.15, 0.2) is 0 Å². The number of carbonyl (C=O) groups excluding carboxylic acids is 2. The summed E-state index contributed by atoms with van der Waals surface area (Å²) in [4.78, 5) is 25.6. The number of nitrogens with one attached hydrogen (secondary N) is 2. The second kappa shape index (κ2) is 14.0. The molecular formula is C21H40N4O4. The Morgan fingerprint density at radius 1 is 0.793 bits per heavy atom. The van der Waals surface area contributed by atoms with Gasteiger partial charge >= 0.3 is 12.2 Å². The smallest absolute Gasteiger partial charge is 0.407 e. The number of hydrogen-bond acceptors (Lipinski definition) is 6. The Morgan fingerprint density at radius 2 is 1.24 bits per heavy atom. The molecule has 0 aliphatic rings. The molecule has 0 radical (unpaired) electrons. The predicted molar refractivity (Wildman–Crippen MR) is 114 cm³/mol. The molecule has 0 unspecified atom stereocenters. The van der Waals surface area contributed by atoms with E-state index in [9.17, 15) is 9.59 Å². The Morgan fingerprint density at radius 3 is 1.72 bits per heavy atom. The summed E-state index contributed by atoms with van der Waals surface area (Å²) in [7, 11) is 0. The van der Waals surface area contributed by atoms with Crippen molar-refractivity contribution in [1.82, 2.24) is 15.5 Å². The van der Waals surface area contributed by atoms with Gasteiger partial charge in [-0.05, 0) is 86.9 Å². The van der Waals surface area contributed by atoms with Crippen LogP contribution in [-0.4, -0.2) is 61.0 Å². The molecule has 8 nitrogen and oxygen atoms in total. The van der Waals surface area contributed by atoms with Gasteiger partial charge in [-0.25, -0.2) is 9.59 Å². The Labute approximate surface area is 176 Å². The summed E-state index contributed by atoms with van der Waals surface area (Å²) in [5.41, 5.74) is -0.990. The van der Waals surface area contributed by atoms with Crippen LogP contribution in [0, 0.1) is 11.3 Å². The number of nitriles is 1. The highest BCUT2D eigenvalue weighted by Crippen LogP contribution is 2.07. The van der Waals surface area contributed by atoms with Crippen LogP contribution in [0.25, 0.3) is 0 Å². The van der Waals surface area contributed by atoms with E-state index < -0.39 is 23.4 Å². The standard InChI is InChI=1S/C21H40N4O4/c1-20(2,3)28-18(26)23-13-8-10-16-25(15-9-7-12-22)17-11-14-24-19(27)29-21(4,5)6/h7-11,13-17H2,1-6H3,(H,23,26)(H,24,27). The number of ether oxygens (including phenoxy) is 2. The second-order valence-corrected chi connectivity index (χ2v) is 9.02. The minimum absolute atomic E-state index is 0.392. The van der Waals surface area contributed by atoms with Crippen LogP contribution in [0.1, 0.15) is 73.6 Å². The van der Waals surface area contributed by atoms with Crippen molar-refractivity contribution in [3.63, 3.8) is 0 Å². The van der Waals surface area contributed by atoms with Gasteiger partial charge in [0.2, 0.25) is 0 Å². The molecule has 29 heavy (non-hydrogen) atoms. The highest BCUT2D eigenvalue weighted by molar-refractivity contribution is 5.67. The van der Waals surface area contributed by atoms with Crippen LogP contribution >= 0.6 is 0 Å². The first kappa shape index (κ1) is 27.0. The lowest BCUT2D eigenvalue weighted by molar-refractivity contribution is 0.0513. The van der Waals surface area contributed by atoms with Gasteiger partial charge in [-0.3, -0.25) is 0 Å². The lowest BCUT2D eigenvalue weighted by atomic mass is 10.2. The molecule has 2 amide bonds. The molecule has 0 atom stereocenters. The van der Waals surface area contributed by atoms with Gasteiger partial charge in [0.1, 0.15) is 11.2 Å². The Hall–Kier alpha value is -2.01. The zero-order valence-electron chi connectivity index (χ0n) is 19.1. The zero-order valence-corrected chi connectivity index (χ0v) is 19.1. The zero-order chi connectivity index (χ0) is 22.3. The van der Waals surface area contributed by atoms with Crippen molar-refractivity contribution < 1.29 is 19.1 Å². The lowest BCUT2D eigenvalue weighted by Crippen LogP contribution is -2.35. The van der Waals surface area contributed by atoms with E-state index in [-0.39, 0.29) is 0 Å². The highest BCUT2D eigenvalue weighted by Gasteiger charge is 2.16. The third kappa shape index (κ3) is 19.1. The van der Waals surface area contributed by atoms with Crippen molar-refractivity contribution >= 4 is 12.2 Å². The monoisotopic (exact) mass is 412 g/mol. The molecule has 0 aromatic heterocycles. The number of unbranched alkanes of at least 4 members (excludes halogenated alkanes) is 2. The number of amides is 2. The number of rotatable bonds is 12. The summed E-state index contributed by atoms with van der Waals surface area (Å²) in [6.07, 6.45) is 3.16. The number of alkyl carbamates (subject to hydrolysis) is 2. The fourth-order valence-electron chi connectivity index (χ4n) is 2.49. The van der Waals surface area contributed by atoms with Crippen LogP contribution < -0.4 is 10.6 Å².